The van der Waals surface area contributed by atoms with Gasteiger partial charge in [0.2, 0.25) is 0 Å². The van der Waals surface area contributed by atoms with Gasteiger partial charge < -0.3 is 14.6 Å². The molecule has 0 aliphatic carbocycles. The van der Waals surface area contributed by atoms with Crippen LogP contribution < -0.4 is 5.32 Å². The number of hydrogen-bond donors (Lipinski definition) is 1. The van der Waals surface area contributed by atoms with E-state index in [9.17, 15) is 9.59 Å². The van der Waals surface area contributed by atoms with Gasteiger partial charge in [-0.25, -0.2) is 4.79 Å². The summed E-state index contributed by atoms with van der Waals surface area (Å²) >= 11 is 0. The number of nitrogens with zero attached hydrogens (tertiary/aromatic N) is 1. The van der Waals surface area contributed by atoms with E-state index in [0.717, 1.165) is 5.56 Å². The van der Waals surface area contributed by atoms with Gasteiger partial charge in [-0.3, -0.25) is 4.79 Å². The molecule has 1 aromatic heterocycles. The molecule has 6 heteroatoms. The van der Waals surface area contributed by atoms with Gasteiger partial charge in [-0.2, -0.15) is 0 Å². The van der Waals surface area contributed by atoms with Crippen LogP contribution in [-0.4, -0.2) is 23.1 Å². The second kappa shape index (κ2) is 6.89. The number of esters is 1. The molecule has 0 saturated heterocycles. The van der Waals surface area contributed by atoms with Gasteiger partial charge in [-0.1, -0.05) is 30.3 Å². The van der Waals surface area contributed by atoms with Crippen molar-refractivity contribution >= 4 is 17.7 Å². The average molecular weight is 302 g/mol. The maximum atomic E-state index is 12.2. The van der Waals surface area contributed by atoms with Crippen molar-refractivity contribution in [2.75, 3.05) is 5.32 Å². The molecular formula is C16H18N2O4. The van der Waals surface area contributed by atoms with Crippen LogP contribution in [0.1, 0.15) is 35.0 Å². The first kappa shape index (κ1) is 15.8. The Morgan fingerprint density at radius 1 is 1.32 bits per heavy atom. The van der Waals surface area contributed by atoms with Gasteiger partial charge in [0, 0.05) is 6.07 Å². The summed E-state index contributed by atoms with van der Waals surface area (Å²) in [5.74, 6) is -0.0673. The number of ether oxygens (including phenoxy) is 1. The van der Waals surface area contributed by atoms with E-state index in [0.29, 0.717) is 23.6 Å². The number of rotatable bonds is 5. The normalized spacial score (nSPS) is 11.8. The van der Waals surface area contributed by atoms with Crippen molar-refractivity contribution < 1.29 is 18.8 Å². The van der Waals surface area contributed by atoms with Crippen molar-refractivity contribution in [3.63, 3.8) is 0 Å². The Balaban J connectivity index is 2.04. The van der Waals surface area contributed by atoms with Gasteiger partial charge in [0.05, 0.1) is 5.56 Å². The fraction of sp³-hybridized carbons (Fsp3) is 0.312. The van der Waals surface area contributed by atoms with Crippen LogP contribution in [0.25, 0.3) is 0 Å². The Hall–Kier alpha value is -2.63. The Morgan fingerprint density at radius 2 is 2.05 bits per heavy atom. The highest BCUT2D eigenvalue weighted by Crippen LogP contribution is 2.13. The molecule has 0 aliphatic heterocycles. The van der Waals surface area contributed by atoms with Gasteiger partial charge in [0.15, 0.2) is 11.9 Å². The zero-order chi connectivity index (χ0) is 16.1. The highest BCUT2D eigenvalue weighted by Gasteiger charge is 2.23. The predicted octanol–water partition coefficient (Wildman–Crippen LogP) is 2.87. The maximum Gasteiger partial charge on any atom is 0.339 e. The number of hydrogen-bond acceptors (Lipinski definition) is 5. The summed E-state index contributed by atoms with van der Waals surface area (Å²) in [7, 11) is 0. The van der Waals surface area contributed by atoms with Crippen molar-refractivity contribution in [3.05, 3.63) is 47.2 Å². The Morgan fingerprint density at radius 3 is 2.64 bits per heavy atom. The number of aromatic nitrogens is 1. The van der Waals surface area contributed by atoms with E-state index in [2.05, 4.69) is 10.5 Å². The van der Waals surface area contributed by atoms with E-state index in [4.69, 9.17) is 9.26 Å². The highest BCUT2D eigenvalue weighted by atomic mass is 16.5. The summed E-state index contributed by atoms with van der Waals surface area (Å²) in [5.41, 5.74) is 1.25. The van der Waals surface area contributed by atoms with Crippen LogP contribution in [0.3, 0.4) is 0 Å². The molecule has 6 nitrogen and oxygen atoms in total. The molecule has 0 radical (unpaired) electrons. The lowest BCUT2D eigenvalue weighted by Crippen LogP contribution is -2.32. The second-order valence-corrected chi connectivity index (χ2v) is 4.93. The van der Waals surface area contributed by atoms with Crippen LogP contribution in [0.2, 0.25) is 0 Å². The lowest BCUT2D eigenvalue weighted by molar-refractivity contribution is -0.124. The van der Waals surface area contributed by atoms with E-state index >= 15 is 0 Å². The number of nitrogens with one attached hydrogen (secondary N) is 1. The van der Waals surface area contributed by atoms with Gasteiger partial charge in [-0.05, 0) is 31.9 Å². The van der Waals surface area contributed by atoms with Crippen molar-refractivity contribution in [3.8, 4) is 0 Å². The molecule has 2 aromatic rings. The topological polar surface area (TPSA) is 81.4 Å². The molecule has 0 unspecified atom stereocenters. The predicted molar refractivity (Wildman–Crippen MR) is 80.5 cm³/mol. The van der Waals surface area contributed by atoms with E-state index in [-0.39, 0.29) is 0 Å². The molecule has 1 heterocycles. The minimum atomic E-state index is -0.885. The fourth-order valence-corrected chi connectivity index (χ4v) is 1.95. The summed E-state index contributed by atoms with van der Waals surface area (Å²) in [4.78, 5) is 24.3. The number of carbonyl (C=O) groups excluding carboxylic acids is 2. The van der Waals surface area contributed by atoms with Gasteiger partial charge in [0.1, 0.15) is 5.76 Å². The highest BCUT2D eigenvalue weighted by molar-refractivity contribution is 5.97. The zero-order valence-electron chi connectivity index (χ0n) is 12.8. The van der Waals surface area contributed by atoms with Crippen LogP contribution in [0.15, 0.2) is 34.9 Å². The molecule has 0 aliphatic rings. The third kappa shape index (κ3) is 3.72. The quantitative estimate of drug-likeness (QED) is 0.859. The van der Waals surface area contributed by atoms with Crippen LogP contribution in [0.5, 0.6) is 0 Å². The van der Waals surface area contributed by atoms with Gasteiger partial charge in [0.25, 0.3) is 5.91 Å². The molecule has 1 atom stereocenters. The maximum absolute atomic E-state index is 12.2. The van der Waals surface area contributed by atoms with Crippen molar-refractivity contribution in [1.29, 1.82) is 0 Å². The standard InChI is InChI=1S/C16H18N2O4/c1-4-13(15(19)17-14-9-11(3)22-18-14)21-16(20)12-8-6-5-7-10(12)2/h5-9,13H,4H2,1-3H3,(H,17,18,19)/t13-/m0/s1. The lowest BCUT2D eigenvalue weighted by Gasteiger charge is -2.15. The monoisotopic (exact) mass is 302 g/mol. The fourth-order valence-electron chi connectivity index (χ4n) is 1.95. The van der Waals surface area contributed by atoms with Crippen LogP contribution >= 0.6 is 0 Å². The van der Waals surface area contributed by atoms with Crippen LogP contribution in [-0.2, 0) is 9.53 Å². The minimum Gasteiger partial charge on any atom is -0.449 e. The van der Waals surface area contributed by atoms with Gasteiger partial charge in [-0.15, -0.1) is 0 Å². The first-order valence-electron chi connectivity index (χ1n) is 7.02. The van der Waals surface area contributed by atoms with Crippen molar-refractivity contribution in [2.24, 2.45) is 0 Å². The smallest absolute Gasteiger partial charge is 0.339 e. The molecule has 1 aromatic carbocycles. The van der Waals surface area contributed by atoms with E-state index in [1.807, 2.05) is 19.1 Å². The zero-order valence-corrected chi connectivity index (χ0v) is 12.8. The number of amides is 1. The number of aryl methyl sites for hydroxylation is 2. The van der Waals surface area contributed by atoms with Crippen LogP contribution in [0.4, 0.5) is 5.82 Å². The first-order valence-corrected chi connectivity index (χ1v) is 7.02. The Kier molecular flexibility index (Phi) is 4.93. The van der Waals surface area contributed by atoms with Crippen molar-refractivity contribution in [2.45, 2.75) is 33.3 Å². The van der Waals surface area contributed by atoms with Crippen molar-refractivity contribution in [1.82, 2.24) is 5.16 Å². The molecule has 0 saturated carbocycles. The summed E-state index contributed by atoms with van der Waals surface area (Å²) in [6, 6.07) is 8.67. The molecule has 0 fully saturated rings. The molecule has 22 heavy (non-hydrogen) atoms. The average Bonchev–Trinajstić information content (AvgIpc) is 2.90. The lowest BCUT2D eigenvalue weighted by atomic mass is 10.1. The van der Waals surface area contributed by atoms with Gasteiger partial charge >= 0.3 is 5.97 Å². The third-order valence-electron chi connectivity index (χ3n) is 3.16. The summed E-state index contributed by atoms with van der Waals surface area (Å²) in [5, 5.41) is 6.24. The summed E-state index contributed by atoms with van der Waals surface area (Å²) < 4.78 is 10.2. The molecule has 116 valence electrons. The largest absolute Gasteiger partial charge is 0.449 e. The molecule has 0 spiro atoms. The molecule has 2 rings (SSSR count). The first-order chi connectivity index (χ1) is 10.5. The number of carbonyl (C=O) groups is 2. The summed E-state index contributed by atoms with van der Waals surface area (Å²) in [6.07, 6.45) is -0.524. The van der Waals surface area contributed by atoms with E-state index in [1.54, 1.807) is 32.0 Å². The van der Waals surface area contributed by atoms with E-state index in [1.165, 1.54) is 0 Å². The van der Waals surface area contributed by atoms with E-state index < -0.39 is 18.0 Å². The SMILES string of the molecule is CC[C@H](OC(=O)c1ccccc1C)C(=O)Nc1cc(C)on1. The number of anilines is 1. The molecule has 1 N–H and O–H groups in total. The molecular weight excluding hydrogens is 284 g/mol. The Bertz CT molecular complexity index is 678. The molecule has 1 amide bonds. The second-order valence-electron chi connectivity index (χ2n) is 4.93. The Labute approximate surface area is 128 Å². The van der Waals surface area contributed by atoms with Crippen LogP contribution in [0, 0.1) is 13.8 Å². The molecule has 0 bridgehead atoms. The summed E-state index contributed by atoms with van der Waals surface area (Å²) in [6.45, 7) is 5.30. The minimum absolute atomic E-state index is 0.299. The third-order valence-corrected chi connectivity index (χ3v) is 3.16. The number of benzene rings is 1.